The lowest BCUT2D eigenvalue weighted by Gasteiger charge is -2.27. The van der Waals surface area contributed by atoms with Crippen molar-refractivity contribution < 1.29 is 4.79 Å². The van der Waals surface area contributed by atoms with Gasteiger partial charge in [0.2, 0.25) is 5.91 Å². The Bertz CT molecular complexity index is 879. The first-order valence-corrected chi connectivity index (χ1v) is 8.75. The molecule has 0 bridgehead atoms. The van der Waals surface area contributed by atoms with E-state index in [2.05, 4.69) is 15.3 Å². The van der Waals surface area contributed by atoms with E-state index in [-0.39, 0.29) is 5.91 Å². The molecule has 7 nitrogen and oxygen atoms in total. The van der Waals surface area contributed by atoms with Crippen LogP contribution in [-0.2, 0) is 38.3 Å². The molecule has 0 saturated carbocycles. The molecular weight excluding hydrogens is 324 g/mol. The van der Waals surface area contributed by atoms with Crippen molar-refractivity contribution in [2.75, 3.05) is 6.54 Å². The van der Waals surface area contributed by atoms with Gasteiger partial charge in [0, 0.05) is 44.9 Å². The van der Waals surface area contributed by atoms with Crippen LogP contribution in [0.25, 0.3) is 11.5 Å². The van der Waals surface area contributed by atoms with Crippen LogP contribution < -0.4 is 0 Å². The minimum atomic E-state index is 0.159. The average molecular weight is 342 g/mol. The summed E-state index contributed by atoms with van der Waals surface area (Å²) in [5.41, 5.74) is 4.15. The van der Waals surface area contributed by atoms with E-state index in [0.717, 1.165) is 35.6 Å². The van der Waals surface area contributed by atoms with Crippen molar-refractivity contribution in [3.8, 4) is 11.5 Å². The topological polar surface area (TPSA) is 68.8 Å². The quantitative estimate of drug-likeness (QED) is 0.722. The van der Waals surface area contributed by atoms with Gasteiger partial charge in [0.1, 0.15) is 12.0 Å². The van der Waals surface area contributed by atoms with Gasteiger partial charge in [-0.05, 0) is 22.4 Å². The summed E-state index contributed by atoms with van der Waals surface area (Å²) in [6.07, 6.45) is 2.93. The molecule has 0 N–H and O–H groups in total. The SMILES string of the molecule is Cn1cnnc1-c1nn(C)c2c1CN(C(=O)Cc1ccsc1)CC2. The number of amides is 1. The summed E-state index contributed by atoms with van der Waals surface area (Å²) in [6.45, 7) is 1.31. The molecule has 4 rings (SSSR count). The molecule has 0 atom stereocenters. The molecule has 3 aromatic rings. The van der Waals surface area contributed by atoms with Crippen LogP contribution in [0.1, 0.15) is 16.8 Å². The molecule has 8 heteroatoms. The fraction of sp³-hybridized carbons (Fsp3) is 0.375. The van der Waals surface area contributed by atoms with Crippen LogP contribution >= 0.6 is 11.3 Å². The predicted molar refractivity (Wildman–Crippen MR) is 90.3 cm³/mol. The fourth-order valence-corrected chi connectivity index (χ4v) is 3.83. The predicted octanol–water partition coefficient (Wildman–Crippen LogP) is 1.40. The number of aromatic nitrogens is 5. The van der Waals surface area contributed by atoms with Crippen LogP contribution in [0, 0.1) is 0 Å². The highest BCUT2D eigenvalue weighted by Crippen LogP contribution is 2.28. The maximum absolute atomic E-state index is 12.6. The van der Waals surface area contributed by atoms with Crippen molar-refractivity contribution in [2.45, 2.75) is 19.4 Å². The first-order valence-electron chi connectivity index (χ1n) is 7.81. The second-order valence-corrected chi connectivity index (χ2v) is 6.82. The third kappa shape index (κ3) is 2.52. The number of fused-ring (bicyclic) bond motifs is 1. The van der Waals surface area contributed by atoms with Crippen LogP contribution in [0.3, 0.4) is 0 Å². The zero-order valence-corrected chi connectivity index (χ0v) is 14.5. The molecule has 0 saturated heterocycles. The maximum atomic E-state index is 12.6. The smallest absolute Gasteiger partial charge is 0.227 e. The van der Waals surface area contributed by atoms with Gasteiger partial charge in [-0.2, -0.15) is 16.4 Å². The van der Waals surface area contributed by atoms with E-state index < -0.39 is 0 Å². The van der Waals surface area contributed by atoms with Gasteiger partial charge in [0.15, 0.2) is 5.82 Å². The molecule has 1 aliphatic heterocycles. The molecule has 3 aromatic heterocycles. The average Bonchev–Trinajstić information content (AvgIpc) is 3.29. The standard InChI is InChI=1S/C16H18N6OS/c1-20-10-17-18-16(20)15-12-8-22(5-3-13(12)21(2)19-15)14(23)7-11-4-6-24-9-11/h4,6,9-10H,3,5,7-8H2,1-2H3. The van der Waals surface area contributed by atoms with E-state index in [1.165, 1.54) is 5.69 Å². The van der Waals surface area contributed by atoms with Gasteiger partial charge >= 0.3 is 0 Å². The summed E-state index contributed by atoms with van der Waals surface area (Å²) in [7, 11) is 3.85. The highest BCUT2D eigenvalue weighted by atomic mass is 32.1. The van der Waals surface area contributed by atoms with Gasteiger partial charge < -0.3 is 9.47 Å². The summed E-state index contributed by atoms with van der Waals surface area (Å²) in [6, 6.07) is 2.01. The van der Waals surface area contributed by atoms with Gasteiger partial charge in [0.25, 0.3) is 0 Å². The van der Waals surface area contributed by atoms with Crippen molar-refractivity contribution in [3.05, 3.63) is 40.0 Å². The van der Waals surface area contributed by atoms with Gasteiger partial charge in [-0.1, -0.05) is 0 Å². The Morgan fingerprint density at radius 2 is 2.25 bits per heavy atom. The third-order valence-corrected chi connectivity index (χ3v) is 5.19. The number of hydrogen-bond acceptors (Lipinski definition) is 5. The fourth-order valence-electron chi connectivity index (χ4n) is 3.16. The van der Waals surface area contributed by atoms with Crippen LogP contribution in [0.5, 0.6) is 0 Å². The van der Waals surface area contributed by atoms with Gasteiger partial charge in [0.05, 0.1) is 6.42 Å². The molecule has 4 heterocycles. The van der Waals surface area contributed by atoms with E-state index >= 15 is 0 Å². The van der Waals surface area contributed by atoms with E-state index in [1.807, 2.05) is 45.1 Å². The van der Waals surface area contributed by atoms with E-state index in [9.17, 15) is 4.79 Å². The van der Waals surface area contributed by atoms with E-state index in [4.69, 9.17) is 0 Å². The Morgan fingerprint density at radius 1 is 1.38 bits per heavy atom. The Balaban J connectivity index is 1.62. The molecule has 0 spiro atoms. The number of hydrogen-bond donors (Lipinski definition) is 0. The monoisotopic (exact) mass is 342 g/mol. The van der Waals surface area contributed by atoms with Gasteiger partial charge in [-0.3, -0.25) is 9.48 Å². The minimum absolute atomic E-state index is 0.159. The second-order valence-electron chi connectivity index (χ2n) is 6.04. The Kier molecular flexibility index (Phi) is 3.68. The number of nitrogens with zero attached hydrogens (tertiary/aromatic N) is 6. The Hall–Kier alpha value is -2.48. The van der Waals surface area contributed by atoms with Gasteiger partial charge in [-0.15, -0.1) is 10.2 Å². The molecule has 0 aliphatic carbocycles. The van der Waals surface area contributed by atoms with Crippen molar-refractivity contribution in [3.63, 3.8) is 0 Å². The molecule has 24 heavy (non-hydrogen) atoms. The molecule has 0 radical (unpaired) electrons. The molecular formula is C16H18N6OS. The Labute approximate surface area is 143 Å². The number of carbonyl (C=O) groups is 1. The van der Waals surface area contributed by atoms with Crippen molar-refractivity contribution in [2.24, 2.45) is 14.1 Å². The molecule has 124 valence electrons. The lowest BCUT2D eigenvalue weighted by atomic mass is 10.0. The molecule has 0 unspecified atom stereocenters. The van der Waals surface area contributed by atoms with Gasteiger partial charge in [-0.25, -0.2) is 0 Å². The van der Waals surface area contributed by atoms with E-state index in [1.54, 1.807) is 17.7 Å². The molecule has 0 fully saturated rings. The second kappa shape index (κ2) is 5.86. The minimum Gasteiger partial charge on any atom is -0.338 e. The van der Waals surface area contributed by atoms with Crippen LogP contribution in [0.15, 0.2) is 23.2 Å². The summed E-state index contributed by atoms with van der Waals surface area (Å²) in [5, 5.41) is 16.8. The summed E-state index contributed by atoms with van der Waals surface area (Å²) < 4.78 is 3.76. The largest absolute Gasteiger partial charge is 0.338 e. The molecule has 1 aliphatic rings. The number of aryl methyl sites for hydroxylation is 2. The number of rotatable bonds is 3. The normalized spacial score (nSPS) is 14.0. The summed E-state index contributed by atoms with van der Waals surface area (Å²) in [5.74, 6) is 0.894. The zero-order chi connectivity index (χ0) is 16.7. The van der Waals surface area contributed by atoms with Crippen molar-refractivity contribution >= 4 is 17.2 Å². The first kappa shape index (κ1) is 15.1. The molecule has 1 amide bonds. The number of thiophene rings is 1. The lowest BCUT2D eigenvalue weighted by Crippen LogP contribution is -2.37. The van der Waals surface area contributed by atoms with Crippen molar-refractivity contribution in [1.29, 1.82) is 0 Å². The number of carbonyl (C=O) groups excluding carboxylic acids is 1. The first-order chi connectivity index (χ1) is 11.6. The highest BCUT2D eigenvalue weighted by Gasteiger charge is 2.28. The highest BCUT2D eigenvalue weighted by molar-refractivity contribution is 7.08. The molecule has 0 aromatic carbocycles. The summed E-state index contributed by atoms with van der Waals surface area (Å²) in [4.78, 5) is 14.5. The third-order valence-electron chi connectivity index (χ3n) is 4.45. The lowest BCUT2D eigenvalue weighted by molar-refractivity contribution is -0.131. The van der Waals surface area contributed by atoms with Crippen LogP contribution in [-0.4, -0.2) is 41.9 Å². The van der Waals surface area contributed by atoms with Crippen LogP contribution in [0.4, 0.5) is 0 Å². The summed E-state index contributed by atoms with van der Waals surface area (Å²) >= 11 is 1.62. The zero-order valence-electron chi connectivity index (χ0n) is 13.6. The van der Waals surface area contributed by atoms with Crippen LogP contribution in [0.2, 0.25) is 0 Å². The van der Waals surface area contributed by atoms with E-state index in [0.29, 0.717) is 13.0 Å². The maximum Gasteiger partial charge on any atom is 0.227 e. The Morgan fingerprint density at radius 3 is 2.96 bits per heavy atom. The van der Waals surface area contributed by atoms with Crippen molar-refractivity contribution in [1.82, 2.24) is 29.4 Å².